The van der Waals surface area contributed by atoms with Crippen molar-refractivity contribution in [3.8, 4) is 39.3 Å². The molecule has 0 saturated carbocycles. The predicted octanol–water partition coefficient (Wildman–Crippen LogP) is 32.6. The van der Waals surface area contributed by atoms with Gasteiger partial charge >= 0.3 is 0 Å². The van der Waals surface area contributed by atoms with Gasteiger partial charge in [-0.15, -0.1) is 34.0 Å². The topological polar surface area (TPSA) is 28.0 Å². The first-order chi connectivity index (χ1) is 61.0. The molecule has 30 aromatic rings. The summed E-state index contributed by atoms with van der Waals surface area (Å²) < 4.78 is 22.9. The monoisotopic (exact) mass is 1610 g/mol. The molecule has 566 valence electrons. The van der Waals surface area contributed by atoms with Gasteiger partial charge in [0.1, 0.15) is 0 Å². The number of benzene rings is 18. The summed E-state index contributed by atoms with van der Waals surface area (Å²) in [6.45, 7) is 0. The summed E-state index contributed by atoms with van der Waals surface area (Å²) in [4.78, 5) is 0. The third-order valence-electron chi connectivity index (χ3n) is 27.6. The molecule has 18 aromatic carbocycles. The molecule has 30 rings (SSSR count). The highest BCUT2D eigenvalue weighted by molar-refractivity contribution is 7.27. The molecule has 0 aliphatic heterocycles. The highest BCUT2D eigenvalue weighted by Crippen LogP contribution is 2.54. The zero-order chi connectivity index (χ0) is 79.4. The van der Waals surface area contributed by atoms with Gasteiger partial charge in [0, 0.05) is 200 Å². The second-order valence-electron chi connectivity index (χ2n) is 33.7. The molecule has 0 unspecified atom stereocenters. The van der Waals surface area contributed by atoms with E-state index in [4.69, 9.17) is 0 Å². The molecular formula is C114H62N6S3. The zero-order valence-corrected chi connectivity index (χ0v) is 68.2. The maximum Gasteiger partial charge on any atom is 0.0714 e. The standard InChI is InChI=1S/C114H62N6S3/c1-3-24-69(25-4-1)119-93-35-17-13-31-75(93)89-58-91-90(59-97(89)119)104-108(115-60-66-21-9-12-30-74(66)107(91)115)88(57-92-78-33-16-20-38-99(78)121-112(92)104)63-39-43-71(44-40-63)118-94-36-18-14-34-83(94)103-95(118)54-53-84-101(103)85-51-48-82-79-46-42-65(56-100(79)123-114(82)110(85)116-61-67-22-7-10-28-72(67)105(84)116)64-41-45-76-80-47-50-86-102(109(80)120(96(76)55-64)70-26-5-2-6-27-70)87-52-49-81-77-32-15-19-37-98(77)122-113(81)111(87)117-62-68-23-8-11-29-73(68)106(86)117/h1-62H. The van der Waals surface area contributed by atoms with E-state index in [0.717, 1.165) is 22.6 Å². The van der Waals surface area contributed by atoms with Gasteiger partial charge in [-0.05, 0) is 119 Å². The van der Waals surface area contributed by atoms with Crippen molar-refractivity contribution in [1.29, 1.82) is 0 Å². The second kappa shape index (κ2) is 23.8. The predicted molar refractivity (Wildman–Crippen MR) is 529 cm³/mol. The van der Waals surface area contributed by atoms with Crippen LogP contribution in [0.5, 0.6) is 0 Å². The van der Waals surface area contributed by atoms with Gasteiger partial charge in [0.25, 0.3) is 0 Å². The molecule has 0 fully saturated rings. The lowest BCUT2D eigenvalue weighted by Crippen LogP contribution is -1.97. The van der Waals surface area contributed by atoms with Crippen LogP contribution in [0.25, 0.3) is 279 Å². The fourth-order valence-electron chi connectivity index (χ4n) is 22.5. The molecule has 0 amide bonds. The largest absolute Gasteiger partial charge is 0.314 e. The quantitative estimate of drug-likeness (QED) is 0.154. The van der Waals surface area contributed by atoms with Crippen LogP contribution in [0.3, 0.4) is 0 Å². The highest BCUT2D eigenvalue weighted by Gasteiger charge is 2.29. The van der Waals surface area contributed by atoms with Crippen molar-refractivity contribution in [2.24, 2.45) is 0 Å². The molecular weight excluding hydrogens is 1550 g/mol. The number of aromatic nitrogens is 6. The van der Waals surface area contributed by atoms with E-state index in [1.807, 2.05) is 34.0 Å². The van der Waals surface area contributed by atoms with Gasteiger partial charge in [0.2, 0.25) is 0 Å². The average molecular weight is 1610 g/mol. The molecule has 9 heteroatoms. The molecule has 0 aliphatic rings. The molecule has 12 aromatic heterocycles. The minimum atomic E-state index is 1.11. The highest BCUT2D eigenvalue weighted by atomic mass is 32.1. The summed E-state index contributed by atoms with van der Waals surface area (Å²) in [6.07, 6.45) is 7.17. The van der Waals surface area contributed by atoms with Crippen LogP contribution in [0.4, 0.5) is 0 Å². The Hall–Kier alpha value is -15.4. The van der Waals surface area contributed by atoms with Crippen LogP contribution < -0.4 is 0 Å². The van der Waals surface area contributed by atoms with Gasteiger partial charge in [0.05, 0.1) is 75.6 Å². The van der Waals surface area contributed by atoms with E-state index in [-0.39, 0.29) is 0 Å². The van der Waals surface area contributed by atoms with Crippen molar-refractivity contribution in [1.82, 2.24) is 26.9 Å². The van der Waals surface area contributed by atoms with E-state index in [1.54, 1.807) is 0 Å². The number of nitrogens with zero attached hydrogens (tertiary/aromatic N) is 6. The Kier molecular flexibility index (Phi) is 12.7. The van der Waals surface area contributed by atoms with Gasteiger partial charge in [0.15, 0.2) is 0 Å². The Labute approximate surface area is 711 Å². The molecule has 123 heavy (non-hydrogen) atoms. The number of hydrogen-bond donors (Lipinski definition) is 0. The first kappa shape index (κ1) is 65.6. The Morgan fingerprint density at radius 3 is 1.25 bits per heavy atom. The fourth-order valence-corrected chi connectivity index (χ4v) is 26.3. The maximum atomic E-state index is 2.57. The van der Waals surface area contributed by atoms with Gasteiger partial charge < -0.3 is 26.9 Å². The summed E-state index contributed by atoms with van der Waals surface area (Å²) in [5.74, 6) is 0. The van der Waals surface area contributed by atoms with Gasteiger partial charge in [-0.25, -0.2) is 0 Å². The first-order valence-corrected chi connectivity index (χ1v) is 44.7. The molecule has 0 atom stereocenters. The molecule has 0 aliphatic carbocycles. The molecule has 0 bridgehead atoms. The third kappa shape index (κ3) is 8.55. The van der Waals surface area contributed by atoms with Crippen LogP contribution in [0.15, 0.2) is 377 Å². The molecule has 12 heterocycles. The van der Waals surface area contributed by atoms with Crippen molar-refractivity contribution in [2.75, 3.05) is 0 Å². The van der Waals surface area contributed by atoms with Crippen molar-refractivity contribution >= 4 is 274 Å². The first-order valence-electron chi connectivity index (χ1n) is 42.3. The van der Waals surface area contributed by atoms with Crippen LogP contribution in [-0.4, -0.2) is 26.9 Å². The number of pyridine rings is 3. The minimum Gasteiger partial charge on any atom is -0.314 e. The van der Waals surface area contributed by atoms with Crippen molar-refractivity contribution in [2.45, 2.75) is 0 Å². The Balaban J connectivity index is 0.615. The maximum absolute atomic E-state index is 2.57. The van der Waals surface area contributed by atoms with Crippen molar-refractivity contribution in [3.63, 3.8) is 0 Å². The lowest BCUT2D eigenvalue weighted by Gasteiger charge is -2.17. The van der Waals surface area contributed by atoms with Crippen molar-refractivity contribution < 1.29 is 0 Å². The smallest absolute Gasteiger partial charge is 0.0714 e. The van der Waals surface area contributed by atoms with E-state index < -0.39 is 0 Å². The summed E-state index contributed by atoms with van der Waals surface area (Å²) in [5.41, 5.74) is 22.7. The van der Waals surface area contributed by atoms with Crippen LogP contribution in [0.2, 0.25) is 0 Å². The van der Waals surface area contributed by atoms with Crippen LogP contribution in [0.1, 0.15) is 0 Å². The normalized spacial score (nSPS) is 12.7. The Morgan fingerprint density at radius 1 is 0.171 bits per heavy atom. The number of rotatable bonds is 5. The van der Waals surface area contributed by atoms with E-state index in [2.05, 4.69) is 403 Å². The third-order valence-corrected chi connectivity index (χ3v) is 31.2. The van der Waals surface area contributed by atoms with E-state index in [9.17, 15) is 0 Å². The van der Waals surface area contributed by atoms with Gasteiger partial charge in [-0.1, -0.05) is 261 Å². The van der Waals surface area contributed by atoms with Crippen LogP contribution in [0, 0.1) is 0 Å². The van der Waals surface area contributed by atoms with Crippen LogP contribution in [-0.2, 0) is 0 Å². The number of thiophene rings is 3. The lowest BCUT2D eigenvalue weighted by atomic mass is 9.94. The van der Waals surface area contributed by atoms with Gasteiger partial charge in [-0.3, -0.25) is 0 Å². The minimum absolute atomic E-state index is 1.11. The second-order valence-corrected chi connectivity index (χ2v) is 36.8. The molecule has 0 N–H and O–H groups in total. The number of fused-ring (bicyclic) bond motifs is 47. The summed E-state index contributed by atoms with van der Waals surface area (Å²) in [5, 5.41) is 33.9. The van der Waals surface area contributed by atoms with E-state index in [0.29, 0.717) is 0 Å². The summed E-state index contributed by atoms with van der Waals surface area (Å²) in [7, 11) is 0. The summed E-state index contributed by atoms with van der Waals surface area (Å²) in [6, 6.07) is 136. The number of hydrogen-bond acceptors (Lipinski definition) is 3. The molecule has 0 saturated heterocycles. The van der Waals surface area contributed by atoms with E-state index >= 15 is 0 Å². The molecule has 0 radical (unpaired) electrons. The molecule has 0 spiro atoms. The summed E-state index contributed by atoms with van der Waals surface area (Å²) >= 11 is 5.76. The van der Waals surface area contributed by atoms with E-state index in [1.165, 1.54) is 257 Å². The van der Waals surface area contributed by atoms with Crippen molar-refractivity contribution in [3.05, 3.63) is 377 Å². The Bertz CT molecular complexity index is 10100. The SMILES string of the molecule is c1ccc(-n2c3ccccc3c3cc4c(cc32)c2c3sc5ccccc5c3cc(-c3ccc(-n5c6ccccc6c6c7c(ccc65)c5c6ccccc6cn5c5c7ccc6c7ccc(-c8ccc9c%10ccc%11c(c%12ccc%13c%14ccccc%14sc%13c%12n%12cc%13ccccc%13c%11%12)c%10n(-c%10ccccc%10)c9c8)cc7sc65)cc3)c2n2cc3ccccc3c42)cc1. The number of para-hydroxylation sites is 4. The van der Waals surface area contributed by atoms with Crippen LogP contribution >= 0.6 is 34.0 Å². The zero-order valence-electron chi connectivity index (χ0n) is 65.7. The fraction of sp³-hybridized carbons (Fsp3) is 0. The average Bonchev–Trinajstić information content (AvgIpc) is 1.56. The molecule has 6 nitrogen and oxygen atoms in total. The van der Waals surface area contributed by atoms with Gasteiger partial charge in [-0.2, -0.15) is 0 Å². The Morgan fingerprint density at radius 2 is 0.593 bits per heavy atom. The lowest BCUT2D eigenvalue weighted by molar-refractivity contribution is 1.18.